The Bertz CT molecular complexity index is 821. The Morgan fingerprint density at radius 2 is 1.92 bits per heavy atom. The van der Waals surface area contributed by atoms with Crippen molar-refractivity contribution in [1.29, 1.82) is 0 Å². The van der Waals surface area contributed by atoms with Gasteiger partial charge in [0, 0.05) is 38.3 Å². The van der Waals surface area contributed by atoms with Gasteiger partial charge in [0.25, 0.3) is 0 Å². The van der Waals surface area contributed by atoms with E-state index in [1.54, 1.807) is 0 Å². The van der Waals surface area contributed by atoms with E-state index in [1.165, 1.54) is 5.56 Å². The second-order valence-electron chi connectivity index (χ2n) is 6.46. The van der Waals surface area contributed by atoms with Crippen molar-refractivity contribution in [1.82, 2.24) is 24.1 Å². The van der Waals surface area contributed by atoms with Gasteiger partial charge in [-0.2, -0.15) is 5.10 Å². The fourth-order valence-electron chi connectivity index (χ4n) is 3.22. The van der Waals surface area contributed by atoms with E-state index in [4.69, 9.17) is 23.7 Å². The molecule has 6 heteroatoms. The quantitative estimate of drug-likeness (QED) is 0.609. The standard InChI is InChI=1S/C19H25N5S/c1-4-9-21-10-12-22(13-11-21)15-24-19(25)23(5-2)18(20-24)17-8-6-7-16(3)14-17/h1,6-8,14H,5,9-13,15H2,2-3H3. The zero-order valence-corrected chi connectivity index (χ0v) is 15.8. The van der Waals surface area contributed by atoms with E-state index in [1.807, 2.05) is 4.68 Å². The topological polar surface area (TPSA) is 29.2 Å². The first-order valence-electron chi connectivity index (χ1n) is 8.75. The van der Waals surface area contributed by atoms with Gasteiger partial charge in [-0.3, -0.25) is 9.80 Å². The van der Waals surface area contributed by atoms with Gasteiger partial charge in [0.15, 0.2) is 10.6 Å². The van der Waals surface area contributed by atoms with Crippen molar-refractivity contribution in [3.05, 3.63) is 34.6 Å². The highest BCUT2D eigenvalue weighted by atomic mass is 32.1. The van der Waals surface area contributed by atoms with Crippen molar-refractivity contribution in [3.8, 4) is 23.7 Å². The number of benzene rings is 1. The van der Waals surface area contributed by atoms with Crippen molar-refractivity contribution in [2.24, 2.45) is 0 Å². The van der Waals surface area contributed by atoms with Gasteiger partial charge < -0.3 is 4.57 Å². The summed E-state index contributed by atoms with van der Waals surface area (Å²) in [6.45, 7) is 10.5. The van der Waals surface area contributed by atoms with Gasteiger partial charge in [-0.05, 0) is 32.1 Å². The van der Waals surface area contributed by atoms with Crippen molar-refractivity contribution in [2.45, 2.75) is 27.1 Å². The summed E-state index contributed by atoms with van der Waals surface area (Å²) in [6, 6.07) is 8.42. The summed E-state index contributed by atoms with van der Waals surface area (Å²) in [4.78, 5) is 4.69. The molecule has 0 atom stereocenters. The minimum Gasteiger partial charge on any atom is -0.300 e. The predicted octanol–water partition coefficient (Wildman–Crippen LogP) is 2.62. The van der Waals surface area contributed by atoms with Crippen LogP contribution in [0.15, 0.2) is 24.3 Å². The number of hydrogen-bond acceptors (Lipinski definition) is 4. The van der Waals surface area contributed by atoms with E-state index in [0.717, 1.165) is 62.1 Å². The number of terminal acetylenes is 1. The molecule has 1 aromatic carbocycles. The molecule has 132 valence electrons. The number of piperazine rings is 1. The van der Waals surface area contributed by atoms with Gasteiger partial charge in [-0.25, -0.2) is 4.68 Å². The third-order valence-corrected chi connectivity index (χ3v) is 5.06. The van der Waals surface area contributed by atoms with E-state index in [0.29, 0.717) is 0 Å². The molecular formula is C19H25N5S. The molecule has 1 saturated heterocycles. The molecule has 1 aliphatic rings. The molecule has 0 N–H and O–H groups in total. The molecular weight excluding hydrogens is 330 g/mol. The first-order chi connectivity index (χ1) is 12.1. The zero-order valence-electron chi connectivity index (χ0n) is 15.0. The van der Waals surface area contributed by atoms with E-state index < -0.39 is 0 Å². The van der Waals surface area contributed by atoms with Crippen LogP contribution in [0.1, 0.15) is 12.5 Å². The monoisotopic (exact) mass is 355 g/mol. The van der Waals surface area contributed by atoms with Crippen LogP contribution >= 0.6 is 12.2 Å². The van der Waals surface area contributed by atoms with Gasteiger partial charge in [0.2, 0.25) is 0 Å². The maximum absolute atomic E-state index is 5.68. The van der Waals surface area contributed by atoms with Crippen molar-refractivity contribution in [3.63, 3.8) is 0 Å². The van der Waals surface area contributed by atoms with Crippen molar-refractivity contribution in [2.75, 3.05) is 32.7 Å². The Morgan fingerprint density at radius 3 is 2.56 bits per heavy atom. The summed E-state index contributed by atoms with van der Waals surface area (Å²) >= 11 is 5.68. The van der Waals surface area contributed by atoms with Crippen molar-refractivity contribution < 1.29 is 0 Å². The average Bonchev–Trinajstić information content (AvgIpc) is 2.93. The van der Waals surface area contributed by atoms with Crippen LogP contribution in [-0.2, 0) is 13.2 Å². The molecule has 1 aromatic heterocycles. The zero-order chi connectivity index (χ0) is 17.8. The van der Waals surface area contributed by atoms with Crippen LogP contribution in [0.4, 0.5) is 0 Å². The predicted molar refractivity (Wildman–Crippen MR) is 104 cm³/mol. The first kappa shape index (κ1) is 17.9. The molecule has 0 spiro atoms. The largest absolute Gasteiger partial charge is 0.300 e. The molecule has 0 bridgehead atoms. The molecule has 0 amide bonds. The van der Waals surface area contributed by atoms with Crippen LogP contribution in [0, 0.1) is 24.0 Å². The van der Waals surface area contributed by atoms with E-state index in [9.17, 15) is 0 Å². The lowest BCUT2D eigenvalue weighted by molar-refractivity contribution is 0.111. The fourth-order valence-corrected chi connectivity index (χ4v) is 3.54. The number of aromatic nitrogens is 3. The molecule has 0 saturated carbocycles. The van der Waals surface area contributed by atoms with Crippen LogP contribution in [0.2, 0.25) is 0 Å². The van der Waals surface area contributed by atoms with E-state index >= 15 is 0 Å². The number of rotatable bonds is 5. The third kappa shape index (κ3) is 4.01. The van der Waals surface area contributed by atoms with Gasteiger partial charge in [-0.1, -0.05) is 29.7 Å². The summed E-state index contributed by atoms with van der Waals surface area (Å²) in [5, 5.41) is 4.83. The molecule has 1 aliphatic heterocycles. The molecule has 2 heterocycles. The normalized spacial score (nSPS) is 16.0. The Labute approximate surface area is 154 Å². The molecule has 2 aromatic rings. The average molecular weight is 356 g/mol. The van der Waals surface area contributed by atoms with Crippen LogP contribution in [-0.4, -0.2) is 56.9 Å². The number of hydrogen-bond donors (Lipinski definition) is 0. The summed E-state index contributed by atoms with van der Waals surface area (Å²) in [5.41, 5.74) is 2.34. The Kier molecular flexibility index (Phi) is 5.69. The smallest absolute Gasteiger partial charge is 0.199 e. The van der Waals surface area contributed by atoms with E-state index in [2.05, 4.69) is 58.4 Å². The molecule has 3 rings (SSSR count). The Balaban J connectivity index is 1.79. The second-order valence-corrected chi connectivity index (χ2v) is 6.82. The Hall–Kier alpha value is -1.94. The first-order valence-corrected chi connectivity index (χ1v) is 9.16. The summed E-state index contributed by atoms with van der Waals surface area (Å²) < 4.78 is 4.84. The molecule has 1 fully saturated rings. The fraction of sp³-hybridized carbons (Fsp3) is 0.474. The lowest BCUT2D eigenvalue weighted by atomic mass is 10.1. The number of aryl methyl sites for hydroxylation is 1. The van der Waals surface area contributed by atoms with Gasteiger partial charge in [0.1, 0.15) is 0 Å². The molecule has 0 radical (unpaired) electrons. The maximum atomic E-state index is 5.68. The summed E-state index contributed by atoms with van der Waals surface area (Å²) in [5.74, 6) is 3.67. The minimum atomic E-state index is 0.731. The maximum Gasteiger partial charge on any atom is 0.199 e. The van der Waals surface area contributed by atoms with Crippen LogP contribution < -0.4 is 0 Å². The highest BCUT2D eigenvalue weighted by Gasteiger charge is 2.18. The van der Waals surface area contributed by atoms with E-state index in [-0.39, 0.29) is 0 Å². The lowest BCUT2D eigenvalue weighted by Crippen LogP contribution is -2.46. The molecule has 0 unspecified atom stereocenters. The van der Waals surface area contributed by atoms with Gasteiger partial charge >= 0.3 is 0 Å². The molecule has 5 nitrogen and oxygen atoms in total. The van der Waals surface area contributed by atoms with Crippen LogP contribution in [0.5, 0.6) is 0 Å². The third-order valence-electron chi connectivity index (χ3n) is 4.63. The van der Waals surface area contributed by atoms with Crippen LogP contribution in [0.3, 0.4) is 0 Å². The highest BCUT2D eigenvalue weighted by Crippen LogP contribution is 2.20. The van der Waals surface area contributed by atoms with Crippen LogP contribution in [0.25, 0.3) is 11.4 Å². The molecule has 0 aliphatic carbocycles. The summed E-state index contributed by atoms with van der Waals surface area (Å²) in [6.07, 6.45) is 5.40. The minimum absolute atomic E-state index is 0.731. The molecule has 25 heavy (non-hydrogen) atoms. The van der Waals surface area contributed by atoms with Gasteiger partial charge in [0.05, 0.1) is 13.2 Å². The summed E-state index contributed by atoms with van der Waals surface area (Å²) in [7, 11) is 0. The van der Waals surface area contributed by atoms with Crippen molar-refractivity contribution >= 4 is 12.2 Å². The second kappa shape index (κ2) is 7.96. The SMILES string of the molecule is C#CCN1CCN(Cn2nc(-c3cccc(C)c3)n(CC)c2=S)CC1. The van der Waals surface area contributed by atoms with Gasteiger partial charge in [-0.15, -0.1) is 6.42 Å². The Morgan fingerprint density at radius 1 is 1.20 bits per heavy atom. The lowest BCUT2D eigenvalue weighted by Gasteiger charge is -2.33. The number of nitrogens with zero attached hydrogens (tertiary/aromatic N) is 5. The highest BCUT2D eigenvalue weighted by molar-refractivity contribution is 7.71.